The number of aromatic nitrogens is 1. The molecule has 0 saturated carbocycles. The molecular formula is C15H17ClN2O3S. The highest BCUT2D eigenvalue weighted by molar-refractivity contribution is 7.15. The van der Waals surface area contributed by atoms with E-state index in [0.29, 0.717) is 33.8 Å². The Bertz CT molecular complexity index is 673. The Balaban J connectivity index is 2.23. The van der Waals surface area contributed by atoms with Crippen LogP contribution in [0.2, 0.25) is 5.02 Å². The quantitative estimate of drug-likeness (QED) is 0.858. The van der Waals surface area contributed by atoms with Gasteiger partial charge in [0, 0.05) is 16.6 Å². The highest BCUT2D eigenvalue weighted by atomic mass is 35.5. The molecule has 1 N–H and O–H groups in total. The molecule has 2 rings (SSSR count). The number of hydrogen-bond acceptors (Lipinski definition) is 5. The number of amides is 1. The van der Waals surface area contributed by atoms with E-state index >= 15 is 0 Å². The van der Waals surface area contributed by atoms with Crippen LogP contribution < -0.4 is 14.8 Å². The van der Waals surface area contributed by atoms with Crippen molar-refractivity contribution >= 4 is 34.0 Å². The number of halogens is 1. The van der Waals surface area contributed by atoms with Gasteiger partial charge in [0.2, 0.25) is 0 Å². The number of thiazole rings is 1. The third-order valence-electron chi connectivity index (χ3n) is 2.78. The Labute approximate surface area is 138 Å². The minimum Gasteiger partial charge on any atom is -0.493 e. The molecule has 0 saturated heterocycles. The number of rotatable bonds is 6. The molecule has 0 fully saturated rings. The van der Waals surface area contributed by atoms with E-state index in [1.165, 1.54) is 18.4 Å². The summed E-state index contributed by atoms with van der Waals surface area (Å²) in [6.07, 6.45) is 2.56. The monoisotopic (exact) mass is 340 g/mol. The zero-order chi connectivity index (χ0) is 16.1. The molecule has 1 heterocycles. The van der Waals surface area contributed by atoms with Crippen molar-refractivity contribution in [3.05, 3.63) is 33.8 Å². The largest absolute Gasteiger partial charge is 0.493 e. The fourth-order valence-corrected chi connectivity index (χ4v) is 2.70. The predicted molar refractivity (Wildman–Crippen MR) is 88.6 cm³/mol. The number of hydrogen-bond donors (Lipinski definition) is 1. The second kappa shape index (κ2) is 7.47. The van der Waals surface area contributed by atoms with Crippen LogP contribution in [0, 0.1) is 6.92 Å². The molecule has 7 heteroatoms. The predicted octanol–water partition coefficient (Wildman–Crippen LogP) is 4.15. The van der Waals surface area contributed by atoms with E-state index in [9.17, 15) is 4.79 Å². The molecule has 0 bridgehead atoms. The summed E-state index contributed by atoms with van der Waals surface area (Å²) in [6, 6.07) is 3.16. The molecule has 0 unspecified atom stereocenters. The van der Waals surface area contributed by atoms with Gasteiger partial charge in [-0.15, -0.1) is 11.3 Å². The van der Waals surface area contributed by atoms with Crippen LogP contribution in [0.3, 0.4) is 0 Å². The van der Waals surface area contributed by atoms with E-state index < -0.39 is 0 Å². The van der Waals surface area contributed by atoms with E-state index in [1.54, 1.807) is 18.3 Å². The van der Waals surface area contributed by atoms with Crippen molar-refractivity contribution in [1.82, 2.24) is 4.98 Å². The zero-order valence-electron chi connectivity index (χ0n) is 12.6. The van der Waals surface area contributed by atoms with Crippen molar-refractivity contribution in [2.24, 2.45) is 0 Å². The van der Waals surface area contributed by atoms with Crippen LogP contribution in [0.15, 0.2) is 18.3 Å². The molecule has 0 aliphatic rings. The average Bonchev–Trinajstić information content (AvgIpc) is 2.90. The smallest absolute Gasteiger partial charge is 0.257 e. The molecule has 1 aromatic carbocycles. The second-order valence-electron chi connectivity index (χ2n) is 4.57. The highest BCUT2D eigenvalue weighted by Gasteiger charge is 2.16. The maximum atomic E-state index is 12.3. The SMILES string of the molecule is CCCOc1c(Cl)cc(C(=O)Nc2ncc(C)s2)cc1OC. The second-order valence-corrected chi connectivity index (χ2v) is 6.21. The molecular weight excluding hydrogens is 324 g/mol. The van der Waals surface area contributed by atoms with Crippen LogP contribution >= 0.6 is 22.9 Å². The van der Waals surface area contributed by atoms with E-state index in [-0.39, 0.29) is 5.91 Å². The topological polar surface area (TPSA) is 60.5 Å². The lowest BCUT2D eigenvalue weighted by Gasteiger charge is -2.13. The first kappa shape index (κ1) is 16.6. The molecule has 0 spiro atoms. The van der Waals surface area contributed by atoms with Crippen LogP contribution in [0.5, 0.6) is 11.5 Å². The van der Waals surface area contributed by atoms with Crippen LogP contribution in [0.4, 0.5) is 5.13 Å². The molecule has 0 aliphatic heterocycles. The third kappa shape index (κ3) is 3.90. The molecule has 1 aromatic heterocycles. The van der Waals surface area contributed by atoms with E-state index in [1.807, 2.05) is 13.8 Å². The minimum absolute atomic E-state index is 0.295. The van der Waals surface area contributed by atoms with Gasteiger partial charge in [0.25, 0.3) is 5.91 Å². The Morgan fingerprint density at radius 2 is 2.23 bits per heavy atom. The van der Waals surface area contributed by atoms with Crippen molar-refractivity contribution < 1.29 is 14.3 Å². The van der Waals surface area contributed by atoms with Crippen molar-refractivity contribution in [2.45, 2.75) is 20.3 Å². The lowest BCUT2D eigenvalue weighted by Crippen LogP contribution is -2.12. The number of benzene rings is 1. The Morgan fingerprint density at radius 1 is 1.45 bits per heavy atom. The standard InChI is InChI=1S/C15H17ClN2O3S/c1-4-5-21-13-11(16)6-10(7-12(13)20-3)14(19)18-15-17-8-9(2)22-15/h6-8H,4-5H2,1-3H3,(H,17,18,19). The van der Waals surface area contributed by atoms with Gasteiger partial charge >= 0.3 is 0 Å². The summed E-state index contributed by atoms with van der Waals surface area (Å²) >= 11 is 7.61. The van der Waals surface area contributed by atoms with E-state index in [0.717, 1.165) is 11.3 Å². The summed E-state index contributed by atoms with van der Waals surface area (Å²) in [6.45, 7) is 4.45. The number of carbonyl (C=O) groups is 1. The first-order valence-corrected chi connectivity index (χ1v) is 7.98. The van der Waals surface area contributed by atoms with Gasteiger partial charge in [-0.05, 0) is 25.5 Å². The maximum Gasteiger partial charge on any atom is 0.257 e. The lowest BCUT2D eigenvalue weighted by atomic mass is 10.2. The van der Waals surface area contributed by atoms with Gasteiger partial charge in [0.15, 0.2) is 16.6 Å². The van der Waals surface area contributed by atoms with Gasteiger partial charge in [-0.1, -0.05) is 18.5 Å². The minimum atomic E-state index is -0.295. The third-order valence-corrected chi connectivity index (χ3v) is 3.89. The summed E-state index contributed by atoms with van der Waals surface area (Å²) in [5.74, 6) is 0.589. The van der Waals surface area contributed by atoms with E-state index in [4.69, 9.17) is 21.1 Å². The van der Waals surface area contributed by atoms with E-state index in [2.05, 4.69) is 10.3 Å². The Hall–Kier alpha value is -1.79. The van der Waals surface area contributed by atoms with Crippen LogP contribution in [0.1, 0.15) is 28.6 Å². The zero-order valence-corrected chi connectivity index (χ0v) is 14.2. The number of methoxy groups -OCH3 is 1. The van der Waals surface area contributed by atoms with Gasteiger partial charge in [-0.3, -0.25) is 10.1 Å². The summed E-state index contributed by atoms with van der Waals surface area (Å²) in [7, 11) is 1.51. The van der Waals surface area contributed by atoms with Gasteiger partial charge < -0.3 is 9.47 Å². The van der Waals surface area contributed by atoms with Crippen LogP contribution in [0.25, 0.3) is 0 Å². The molecule has 0 radical (unpaired) electrons. The van der Waals surface area contributed by atoms with Gasteiger partial charge in [-0.25, -0.2) is 4.98 Å². The average molecular weight is 341 g/mol. The summed E-state index contributed by atoms with van der Waals surface area (Å²) in [5.41, 5.74) is 0.388. The molecule has 22 heavy (non-hydrogen) atoms. The molecule has 2 aromatic rings. The van der Waals surface area contributed by atoms with Gasteiger partial charge in [0.05, 0.1) is 18.7 Å². The molecule has 1 amide bonds. The summed E-state index contributed by atoms with van der Waals surface area (Å²) in [5, 5.41) is 3.62. The molecule has 0 aliphatic carbocycles. The fraction of sp³-hybridized carbons (Fsp3) is 0.333. The Kier molecular flexibility index (Phi) is 5.63. The molecule has 0 atom stereocenters. The van der Waals surface area contributed by atoms with Crippen molar-refractivity contribution in [3.8, 4) is 11.5 Å². The first-order valence-electron chi connectivity index (χ1n) is 6.79. The number of nitrogens with one attached hydrogen (secondary N) is 1. The first-order chi connectivity index (χ1) is 10.5. The Morgan fingerprint density at radius 3 is 2.82 bits per heavy atom. The summed E-state index contributed by atoms with van der Waals surface area (Å²) in [4.78, 5) is 17.4. The maximum absolute atomic E-state index is 12.3. The number of ether oxygens (including phenoxy) is 2. The summed E-state index contributed by atoms with van der Waals surface area (Å²) < 4.78 is 10.8. The van der Waals surface area contributed by atoms with Crippen molar-refractivity contribution in [1.29, 1.82) is 0 Å². The van der Waals surface area contributed by atoms with Gasteiger partial charge in [-0.2, -0.15) is 0 Å². The highest BCUT2D eigenvalue weighted by Crippen LogP contribution is 2.36. The molecule has 5 nitrogen and oxygen atoms in total. The number of anilines is 1. The number of nitrogens with zero attached hydrogens (tertiary/aromatic N) is 1. The lowest BCUT2D eigenvalue weighted by molar-refractivity contribution is 0.102. The van der Waals surface area contributed by atoms with Crippen LogP contribution in [-0.4, -0.2) is 24.6 Å². The van der Waals surface area contributed by atoms with Gasteiger partial charge in [0.1, 0.15) is 0 Å². The fourth-order valence-electron chi connectivity index (χ4n) is 1.78. The molecule has 118 valence electrons. The van der Waals surface area contributed by atoms with Crippen molar-refractivity contribution in [2.75, 3.05) is 19.0 Å². The number of aryl methyl sites for hydroxylation is 1. The van der Waals surface area contributed by atoms with Crippen LogP contribution in [-0.2, 0) is 0 Å². The van der Waals surface area contributed by atoms with Crippen molar-refractivity contribution in [3.63, 3.8) is 0 Å². The number of carbonyl (C=O) groups excluding carboxylic acids is 1. The normalized spacial score (nSPS) is 10.4.